The molecule has 0 aliphatic heterocycles. The van der Waals surface area contributed by atoms with E-state index in [0.717, 1.165) is 56.9 Å². The lowest BCUT2D eigenvalue weighted by atomic mass is 9.69. The third kappa shape index (κ3) is 4.09. The first-order valence-electron chi connectivity index (χ1n) is 9.49. The summed E-state index contributed by atoms with van der Waals surface area (Å²) in [5.74, 6) is -0.383. The van der Waals surface area contributed by atoms with Gasteiger partial charge in [-0.3, -0.25) is 9.59 Å². The maximum Gasteiger partial charge on any atom is 0.303 e. The molecule has 1 unspecified atom stereocenters. The lowest BCUT2D eigenvalue weighted by molar-refractivity contribution is -0.140. The Balaban J connectivity index is 1.75. The quantitative estimate of drug-likeness (QED) is 0.794. The number of thiophene rings is 1. The van der Waals surface area contributed by atoms with E-state index in [1.165, 1.54) is 16.2 Å². The molecule has 2 aliphatic rings. The molecule has 0 spiro atoms. The predicted octanol–water partition coefficient (Wildman–Crippen LogP) is 4.50. The molecule has 2 aliphatic carbocycles. The highest BCUT2D eigenvalue weighted by molar-refractivity contribution is 7.16. The van der Waals surface area contributed by atoms with Crippen LogP contribution >= 0.6 is 11.3 Å². The van der Waals surface area contributed by atoms with Crippen molar-refractivity contribution < 1.29 is 14.7 Å². The second-order valence-corrected chi connectivity index (χ2v) is 9.13. The number of anilines is 1. The summed E-state index contributed by atoms with van der Waals surface area (Å²) in [7, 11) is 0. The van der Waals surface area contributed by atoms with Gasteiger partial charge in [-0.25, -0.2) is 0 Å². The average Bonchev–Trinajstić information content (AvgIpc) is 2.90. The summed E-state index contributed by atoms with van der Waals surface area (Å²) in [4.78, 5) is 25.2. The lowest BCUT2D eigenvalue weighted by Crippen LogP contribution is -2.32. The van der Waals surface area contributed by atoms with Crippen LogP contribution in [0.25, 0.3) is 0 Å². The van der Waals surface area contributed by atoms with Crippen LogP contribution in [0, 0.1) is 22.7 Å². The van der Waals surface area contributed by atoms with Gasteiger partial charge < -0.3 is 10.4 Å². The second kappa shape index (κ2) is 7.79. The van der Waals surface area contributed by atoms with E-state index in [-0.39, 0.29) is 18.7 Å². The molecular formula is C20H26N2O3S. The minimum absolute atomic E-state index is 0.0456. The molecule has 1 fully saturated rings. The molecule has 1 saturated carbocycles. The molecule has 1 aromatic heterocycles. The van der Waals surface area contributed by atoms with E-state index in [2.05, 4.69) is 18.3 Å². The highest BCUT2D eigenvalue weighted by Crippen LogP contribution is 2.43. The smallest absolute Gasteiger partial charge is 0.303 e. The molecule has 0 bridgehead atoms. The maximum absolute atomic E-state index is 12.7. The number of carboxylic acids is 1. The lowest BCUT2D eigenvalue weighted by Gasteiger charge is -2.35. The van der Waals surface area contributed by atoms with E-state index in [4.69, 9.17) is 0 Å². The molecular weight excluding hydrogens is 348 g/mol. The summed E-state index contributed by atoms with van der Waals surface area (Å²) < 4.78 is 0. The van der Waals surface area contributed by atoms with Gasteiger partial charge in [-0.1, -0.05) is 26.2 Å². The Hall–Kier alpha value is -1.87. The van der Waals surface area contributed by atoms with E-state index in [9.17, 15) is 20.0 Å². The van der Waals surface area contributed by atoms with Crippen LogP contribution < -0.4 is 5.32 Å². The zero-order chi connectivity index (χ0) is 18.7. The molecule has 5 nitrogen and oxygen atoms in total. The third-order valence-corrected chi connectivity index (χ3v) is 7.02. The number of aliphatic carboxylic acids is 1. The van der Waals surface area contributed by atoms with Crippen LogP contribution in [0.15, 0.2) is 0 Å². The zero-order valence-corrected chi connectivity index (χ0v) is 16.1. The van der Waals surface area contributed by atoms with Crippen LogP contribution in [0.3, 0.4) is 0 Å². The van der Waals surface area contributed by atoms with E-state index in [1.54, 1.807) is 0 Å². The first-order valence-corrected chi connectivity index (χ1v) is 10.3. The van der Waals surface area contributed by atoms with Gasteiger partial charge in [0.1, 0.15) is 11.1 Å². The van der Waals surface area contributed by atoms with Gasteiger partial charge in [-0.2, -0.15) is 5.26 Å². The summed E-state index contributed by atoms with van der Waals surface area (Å²) in [6, 6.07) is 2.27. The van der Waals surface area contributed by atoms with Crippen molar-refractivity contribution in [3.8, 4) is 6.07 Å². The first kappa shape index (κ1) is 18.9. The van der Waals surface area contributed by atoms with Crippen molar-refractivity contribution in [3.63, 3.8) is 0 Å². The number of amides is 1. The Morgan fingerprint density at radius 3 is 2.69 bits per heavy atom. The third-order valence-electron chi connectivity index (χ3n) is 5.85. The van der Waals surface area contributed by atoms with E-state index in [0.29, 0.717) is 16.5 Å². The number of nitriles is 1. The normalized spacial score (nSPS) is 21.5. The van der Waals surface area contributed by atoms with Crippen molar-refractivity contribution in [3.05, 3.63) is 16.0 Å². The summed E-state index contributed by atoms with van der Waals surface area (Å²) >= 11 is 1.52. The Bertz CT molecular complexity index is 741. The number of rotatable bonds is 5. The molecule has 2 N–H and O–H groups in total. The maximum atomic E-state index is 12.7. The molecule has 1 amide bonds. The van der Waals surface area contributed by atoms with Crippen LogP contribution in [0.2, 0.25) is 0 Å². The number of nitrogens with one attached hydrogen (secondary N) is 1. The molecule has 6 heteroatoms. The molecule has 1 atom stereocenters. The summed E-state index contributed by atoms with van der Waals surface area (Å²) in [5, 5.41) is 22.4. The van der Waals surface area contributed by atoms with Crippen molar-refractivity contribution in [1.82, 2.24) is 0 Å². The van der Waals surface area contributed by atoms with Crippen LogP contribution in [0.5, 0.6) is 0 Å². The Morgan fingerprint density at radius 1 is 1.31 bits per heavy atom. The second-order valence-electron chi connectivity index (χ2n) is 8.02. The number of hydrogen-bond donors (Lipinski definition) is 2. The van der Waals surface area contributed by atoms with Crippen molar-refractivity contribution in [2.45, 2.75) is 71.1 Å². The van der Waals surface area contributed by atoms with E-state index < -0.39 is 11.4 Å². The first-order chi connectivity index (χ1) is 12.4. The summed E-state index contributed by atoms with van der Waals surface area (Å²) in [6.07, 6.45) is 7.86. The summed E-state index contributed by atoms with van der Waals surface area (Å²) in [5.41, 5.74) is 1.27. The number of carbonyl (C=O) groups excluding carboxylic acids is 1. The van der Waals surface area contributed by atoms with E-state index in [1.807, 2.05) is 0 Å². The molecule has 26 heavy (non-hydrogen) atoms. The van der Waals surface area contributed by atoms with Crippen LogP contribution in [-0.2, 0) is 22.4 Å². The van der Waals surface area contributed by atoms with Gasteiger partial charge in [0.15, 0.2) is 0 Å². The minimum Gasteiger partial charge on any atom is -0.481 e. The van der Waals surface area contributed by atoms with Gasteiger partial charge in [0.2, 0.25) is 5.91 Å². The van der Waals surface area contributed by atoms with Gasteiger partial charge in [0, 0.05) is 11.3 Å². The largest absolute Gasteiger partial charge is 0.481 e. The predicted molar refractivity (Wildman–Crippen MR) is 101 cm³/mol. The molecule has 3 rings (SSSR count). The molecule has 140 valence electrons. The van der Waals surface area contributed by atoms with Crippen LogP contribution in [-0.4, -0.2) is 17.0 Å². The number of carbonyl (C=O) groups is 2. The minimum atomic E-state index is -0.835. The monoisotopic (exact) mass is 374 g/mol. The van der Waals surface area contributed by atoms with Gasteiger partial charge in [0.05, 0.1) is 12.0 Å². The zero-order valence-electron chi connectivity index (χ0n) is 15.3. The standard InChI is InChI=1S/C20H26N2O3S/c1-13-5-6-14-15(12-21)19(26-16(14)9-13)22-17(23)10-20(11-18(24)25)7-3-2-4-8-20/h13H,2-11H2,1H3,(H,22,23)(H,24,25). The Morgan fingerprint density at radius 2 is 2.04 bits per heavy atom. The fraction of sp³-hybridized carbons (Fsp3) is 0.650. The van der Waals surface area contributed by atoms with Crippen LogP contribution in [0.1, 0.15) is 74.3 Å². The molecule has 0 radical (unpaired) electrons. The topological polar surface area (TPSA) is 90.2 Å². The number of nitrogens with zero attached hydrogens (tertiary/aromatic N) is 1. The van der Waals surface area contributed by atoms with Crippen molar-refractivity contribution in [1.29, 1.82) is 5.26 Å². The Kier molecular flexibility index (Phi) is 5.67. The van der Waals surface area contributed by atoms with Crippen molar-refractivity contribution in [2.24, 2.45) is 11.3 Å². The number of fused-ring (bicyclic) bond motifs is 1. The molecule has 0 aromatic carbocycles. The van der Waals surface area contributed by atoms with Gasteiger partial charge in [-0.15, -0.1) is 11.3 Å². The van der Waals surface area contributed by atoms with Gasteiger partial charge in [-0.05, 0) is 49.0 Å². The SMILES string of the molecule is CC1CCc2c(sc(NC(=O)CC3(CC(=O)O)CCCCC3)c2C#N)C1. The van der Waals surface area contributed by atoms with Gasteiger partial charge in [0.25, 0.3) is 0 Å². The van der Waals surface area contributed by atoms with Crippen molar-refractivity contribution in [2.75, 3.05) is 5.32 Å². The van der Waals surface area contributed by atoms with Crippen LogP contribution in [0.4, 0.5) is 5.00 Å². The molecule has 0 saturated heterocycles. The highest BCUT2D eigenvalue weighted by Gasteiger charge is 2.37. The number of carboxylic acid groups (broad SMARTS) is 1. The number of hydrogen-bond acceptors (Lipinski definition) is 4. The fourth-order valence-electron chi connectivity index (χ4n) is 4.51. The highest BCUT2D eigenvalue weighted by atomic mass is 32.1. The van der Waals surface area contributed by atoms with Crippen molar-refractivity contribution >= 4 is 28.2 Å². The summed E-state index contributed by atoms with van der Waals surface area (Å²) in [6.45, 7) is 2.21. The van der Waals surface area contributed by atoms with Gasteiger partial charge >= 0.3 is 5.97 Å². The fourth-order valence-corrected chi connectivity index (χ4v) is 5.88. The average molecular weight is 375 g/mol. The van der Waals surface area contributed by atoms with E-state index >= 15 is 0 Å². The molecule has 1 heterocycles. The molecule has 1 aromatic rings. The Labute approximate surface area is 158 Å².